The molecule has 8 heteroatoms. The minimum atomic E-state index is -1.13. The highest BCUT2D eigenvalue weighted by molar-refractivity contribution is 9.10. The zero-order chi connectivity index (χ0) is 15.4. The molecular weight excluding hydrogens is 342 g/mol. The number of carboxylic acids is 1. The highest BCUT2D eigenvalue weighted by atomic mass is 79.9. The summed E-state index contributed by atoms with van der Waals surface area (Å²) in [6.07, 6.45) is -0.661. The van der Waals surface area contributed by atoms with E-state index < -0.39 is 18.1 Å². The van der Waals surface area contributed by atoms with Gasteiger partial charge in [0.05, 0.1) is 30.5 Å². The van der Waals surface area contributed by atoms with E-state index in [2.05, 4.69) is 21.2 Å². The van der Waals surface area contributed by atoms with Crippen LogP contribution in [-0.2, 0) is 4.74 Å². The van der Waals surface area contributed by atoms with E-state index in [-0.39, 0.29) is 24.4 Å². The van der Waals surface area contributed by atoms with E-state index >= 15 is 0 Å². The predicted octanol–water partition coefficient (Wildman–Crippen LogP) is 1.90. The van der Waals surface area contributed by atoms with E-state index in [9.17, 15) is 9.59 Å². The first-order valence-corrected chi connectivity index (χ1v) is 6.90. The van der Waals surface area contributed by atoms with E-state index in [0.717, 1.165) is 0 Å². The Labute approximate surface area is 129 Å². The summed E-state index contributed by atoms with van der Waals surface area (Å²) in [5.74, 6) is -1.13. The number of benzene rings is 1. The molecular formula is C13H12BrN3O4. The van der Waals surface area contributed by atoms with E-state index in [0.29, 0.717) is 11.0 Å². The SMILES string of the molecule is N#CC1CN(C(=O)Nc2cc(Br)ccc2C(=O)O)CCO1. The zero-order valence-corrected chi connectivity index (χ0v) is 12.5. The van der Waals surface area contributed by atoms with Crippen LogP contribution in [0.25, 0.3) is 0 Å². The number of anilines is 1. The summed E-state index contributed by atoms with van der Waals surface area (Å²) in [5.41, 5.74) is 0.193. The Balaban J connectivity index is 2.14. The van der Waals surface area contributed by atoms with E-state index in [1.807, 2.05) is 6.07 Å². The summed E-state index contributed by atoms with van der Waals surface area (Å²) < 4.78 is 5.81. The molecule has 1 heterocycles. The Hall–Kier alpha value is -2.11. The number of carboxylic acid groups (broad SMARTS) is 1. The molecule has 0 radical (unpaired) electrons. The quantitative estimate of drug-likeness (QED) is 0.845. The molecule has 0 aromatic heterocycles. The molecule has 110 valence electrons. The molecule has 0 aliphatic carbocycles. The third-order valence-electron chi connectivity index (χ3n) is 2.95. The molecule has 21 heavy (non-hydrogen) atoms. The van der Waals surface area contributed by atoms with Gasteiger partial charge in [-0.05, 0) is 18.2 Å². The molecule has 2 amide bonds. The molecule has 1 aromatic rings. The summed E-state index contributed by atoms with van der Waals surface area (Å²) in [4.78, 5) is 24.7. The fourth-order valence-corrected chi connectivity index (χ4v) is 2.27. The van der Waals surface area contributed by atoms with Gasteiger partial charge in [-0.2, -0.15) is 5.26 Å². The Morgan fingerprint density at radius 3 is 2.95 bits per heavy atom. The van der Waals surface area contributed by atoms with Crippen molar-refractivity contribution in [2.45, 2.75) is 6.10 Å². The second-order valence-corrected chi connectivity index (χ2v) is 5.28. The minimum absolute atomic E-state index is 0.00311. The standard InChI is InChI=1S/C13H12BrN3O4/c14-8-1-2-10(12(18)19)11(5-8)16-13(20)17-3-4-21-9(6-15)7-17/h1-2,5,9H,3-4,7H2,(H,16,20)(H,18,19). The van der Waals surface area contributed by atoms with Gasteiger partial charge in [0, 0.05) is 11.0 Å². The number of urea groups is 1. The number of aromatic carboxylic acids is 1. The number of carbonyl (C=O) groups is 2. The van der Waals surface area contributed by atoms with Gasteiger partial charge in [-0.25, -0.2) is 9.59 Å². The zero-order valence-electron chi connectivity index (χ0n) is 10.9. The van der Waals surface area contributed by atoms with Crippen molar-refractivity contribution in [1.29, 1.82) is 5.26 Å². The van der Waals surface area contributed by atoms with Crippen LogP contribution in [-0.4, -0.2) is 47.8 Å². The fraction of sp³-hybridized carbons (Fsp3) is 0.308. The number of morpholine rings is 1. The number of nitrogens with one attached hydrogen (secondary N) is 1. The lowest BCUT2D eigenvalue weighted by Gasteiger charge is -2.29. The maximum atomic E-state index is 12.2. The molecule has 1 aliphatic rings. The number of hydrogen-bond donors (Lipinski definition) is 2. The number of rotatable bonds is 2. The van der Waals surface area contributed by atoms with Crippen molar-refractivity contribution < 1.29 is 19.4 Å². The molecule has 2 N–H and O–H groups in total. The highest BCUT2D eigenvalue weighted by Crippen LogP contribution is 2.22. The van der Waals surface area contributed by atoms with Crippen molar-refractivity contribution in [2.24, 2.45) is 0 Å². The fourth-order valence-electron chi connectivity index (χ4n) is 1.91. The lowest BCUT2D eigenvalue weighted by molar-refractivity contribution is 0.0181. The van der Waals surface area contributed by atoms with E-state index in [1.165, 1.54) is 17.0 Å². The summed E-state index contributed by atoms with van der Waals surface area (Å²) >= 11 is 3.23. The second-order valence-electron chi connectivity index (χ2n) is 4.36. The molecule has 1 aromatic carbocycles. The lowest BCUT2D eigenvalue weighted by atomic mass is 10.2. The van der Waals surface area contributed by atoms with Gasteiger partial charge in [-0.1, -0.05) is 15.9 Å². The Morgan fingerprint density at radius 2 is 2.29 bits per heavy atom. The van der Waals surface area contributed by atoms with Gasteiger partial charge < -0.3 is 20.1 Å². The van der Waals surface area contributed by atoms with Gasteiger partial charge >= 0.3 is 12.0 Å². The van der Waals surface area contributed by atoms with Crippen molar-refractivity contribution in [3.8, 4) is 6.07 Å². The molecule has 7 nitrogen and oxygen atoms in total. The third-order valence-corrected chi connectivity index (χ3v) is 3.44. The van der Waals surface area contributed by atoms with Crippen LogP contribution in [0.1, 0.15) is 10.4 Å². The first-order chi connectivity index (χ1) is 10.0. The topological polar surface area (TPSA) is 103 Å². The number of nitriles is 1. The Bertz CT molecular complexity index is 614. The summed E-state index contributed by atoms with van der Waals surface area (Å²) in [7, 11) is 0. The second kappa shape index (κ2) is 6.56. The maximum absolute atomic E-state index is 12.2. The van der Waals surface area contributed by atoms with Gasteiger partial charge in [-0.15, -0.1) is 0 Å². The van der Waals surface area contributed by atoms with Crippen molar-refractivity contribution in [3.63, 3.8) is 0 Å². The maximum Gasteiger partial charge on any atom is 0.337 e. The van der Waals surface area contributed by atoms with Crippen LogP contribution in [0.5, 0.6) is 0 Å². The van der Waals surface area contributed by atoms with Gasteiger partial charge in [0.15, 0.2) is 6.10 Å². The highest BCUT2D eigenvalue weighted by Gasteiger charge is 2.25. The molecule has 1 saturated heterocycles. The number of amides is 2. The largest absolute Gasteiger partial charge is 0.478 e. The Morgan fingerprint density at radius 1 is 1.52 bits per heavy atom. The number of nitrogens with zero attached hydrogens (tertiary/aromatic N) is 2. The molecule has 0 spiro atoms. The minimum Gasteiger partial charge on any atom is -0.478 e. The van der Waals surface area contributed by atoms with Crippen LogP contribution >= 0.6 is 15.9 Å². The predicted molar refractivity (Wildman–Crippen MR) is 77.0 cm³/mol. The van der Waals surface area contributed by atoms with Crippen LogP contribution in [0, 0.1) is 11.3 Å². The van der Waals surface area contributed by atoms with Crippen LogP contribution in [0.3, 0.4) is 0 Å². The molecule has 1 atom stereocenters. The number of carbonyl (C=O) groups excluding carboxylic acids is 1. The van der Waals surface area contributed by atoms with Crippen molar-refractivity contribution in [3.05, 3.63) is 28.2 Å². The first kappa shape index (κ1) is 15.3. The number of ether oxygens (including phenoxy) is 1. The van der Waals surface area contributed by atoms with Gasteiger partial charge in [0.25, 0.3) is 0 Å². The Kier molecular flexibility index (Phi) is 4.77. The van der Waals surface area contributed by atoms with Gasteiger partial charge in [-0.3, -0.25) is 0 Å². The van der Waals surface area contributed by atoms with Crippen molar-refractivity contribution in [2.75, 3.05) is 25.0 Å². The molecule has 1 unspecified atom stereocenters. The lowest BCUT2D eigenvalue weighted by Crippen LogP contribution is -2.47. The van der Waals surface area contributed by atoms with E-state index in [4.69, 9.17) is 15.1 Å². The average Bonchev–Trinajstić information content (AvgIpc) is 2.47. The van der Waals surface area contributed by atoms with E-state index in [1.54, 1.807) is 6.07 Å². The van der Waals surface area contributed by atoms with Crippen molar-refractivity contribution in [1.82, 2.24) is 4.90 Å². The van der Waals surface area contributed by atoms with Gasteiger partial charge in [0.1, 0.15) is 0 Å². The van der Waals surface area contributed by atoms with Crippen molar-refractivity contribution >= 4 is 33.6 Å². The first-order valence-electron chi connectivity index (χ1n) is 6.11. The normalized spacial score (nSPS) is 17.9. The number of hydrogen-bond acceptors (Lipinski definition) is 4. The number of halogens is 1. The molecule has 0 bridgehead atoms. The van der Waals surface area contributed by atoms with Crippen LogP contribution in [0.15, 0.2) is 22.7 Å². The molecule has 1 fully saturated rings. The summed E-state index contributed by atoms with van der Waals surface area (Å²) in [6, 6.07) is 5.99. The average molecular weight is 354 g/mol. The van der Waals surface area contributed by atoms with Crippen LogP contribution in [0.4, 0.5) is 10.5 Å². The molecule has 0 saturated carbocycles. The van der Waals surface area contributed by atoms with Gasteiger partial charge in [0.2, 0.25) is 0 Å². The molecule has 2 rings (SSSR count). The summed E-state index contributed by atoms with van der Waals surface area (Å²) in [5, 5.41) is 20.5. The summed E-state index contributed by atoms with van der Waals surface area (Å²) in [6.45, 7) is 0.773. The molecule has 1 aliphatic heterocycles. The van der Waals surface area contributed by atoms with Crippen LogP contribution < -0.4 is 5.32 Å². The monoisotopic (exact) mass is 353 g/mol. The smallest absolute Gasteiger partial charge is 0.337 e. The van der Waals surface area contributed by atoms with Crippen LogP contribution in [0.2, 0.25) is 0 Å². The third kappa shape index (κ3) is 3.71.